The lowest BCUT2D eigenvalue weighted by atomic mass is 9.84. The van der Waals surface area contributed by atoms with Crippen LogP contribution in [0.3, 0.4) is 0 Å². The summed E-state index contributed by atoms with van der Waals surface area (Å²) in [7, 11) is 1.89. The van der Waals surface area contributed by atoms with Gasteiger partial charge in [-0.1, -0.05) is 0 Å². The van der Waals surface area contributed by atoms with E-state index in [1.54, 1.807) is 0 Å². The molecular weight excluding hydrogens is 204 g/mol. The molecule has 0 aromatic heterocycles. The zero-order valence-electron chi connectivity index (χ0n) is 10.4. The molecule has 2 fully saturated rings. The highest BCUT2D eigenvalue weighted by atomic mass is 16.5. The van der Waals surface area contributed by atoms with Crippen molar-refractivity contribution >= 4 is 5.91 Å². The van der Waals surface area contributed by atoms with Crippen LogP contribution in [0.2, 0.25) is 0 Å². The van der Waals surface area contributed by atoms with E-state index in [2.05, 4.69) is 6.92 Å². The van der Waals surface area contributed by atoms with Crippen molar-refractivity contribution in [2.45, 2.75) is 38.8 Å². The van der Waals surface area contributed by atoms with Gasteiger partial charge in [-0.05, 0) is 32.6 Å². The van der Waals surface area contributed by atoms with Gasteiger partial charge in [0.1, 0.15) is 0 Å². The van der Waals surface area contributed by atoms with Crippen LogP contribution < -0.4 is 5.73 Å². The van der Waals surface area contributed by atoms with E-state index in [0.29, 0.717) is 25.2 Å². The summed E-state index contributed by atoms with van der Waals surface area (Å²) in [4.78, 5) is 14.3. The summed E-state index contributed by atoms with van der Waals surface area (Å²) < 4.78 is 5.33. The van der Waals surface area contributed by atoms with Crippen LogP contribution in [0.15, 0.2) is 0 Å². The Morgan fingerprint density at radius 3 is 2.62 bits per heavy atom. The number of rotatable bonds is 3. The Hall–Kier alpha value is -0.610. The van der Waals surface area contributed by atoms with Gasteiger partial charge in [0.25, 0.3) is 0 Å². The Labute approximate surface area is 97.1 Å². The van der Waals surface area contributed by atoms with Crippen molar-refractivity contribution in [2.24, 2.45) is 17.1 Å². The molecule has 4 heteroatoms. The molecule has 1 heterocycles. The van der Waals surface area contributed by atoms with E-state index >= 15 is 0 Å². The minimum absolute atomic E-state index is 0.136. The molecule has 1 aliphatic heterocycles. The minimum atomic E-state index is -0.530. The number of ether oxygens (including phenoxy) is 1. The lowest BCUT2D eigenvalue weighted by molar-refractivity contribution is -0.142. The lowest BCUT2D eigenvalue weighted by Crippen LogP contribution is -2.52. The smallest absolute Gasteiger partial charge is 0.232 e. The second-order valence-electron chi connectivity index (χ2n) is 5.53. The molecule has 0 aromatic carbocycles. The van der Waals surface area contributed by atoms with Crippen molar-refractivity contribution in [3.63, 3.8) is 0 Å². The van der Waals surface area contributed by atoms with E-state index in [-0.39, 0.29) is 11.9 Å². The monoisotopic (exact) mass is 226 g/mol. The molecule has 4 nitrogen and oxygen atoms in total. The fourth-order valence-corrected chi connectivity index (χ4v) is 2.39. The van der Waals surface area contributed by atoms with E-state index < -0.39 is 5.41 Å². The first kappa shape index (κ1) is 11.9. The van der Waals surface area contributed by atoms with Crippen LogP contribution in [0, 0.1) is 11.3 Å². The van der Waals surface area contributed by atoms with E-state index in [1.807, 2.05) is 18.9 Å². The van der Waals surface area contributed by atoms with Crippen LogP contribution >= 0.6 is 0 Å². The van der Waals surface area contributed by atoms with Gasteiger partial charge in [-0.3, -0.25) is 4.79 Å². The summed E-state index contributed by atoms with van der Waals surface area (Å²) in [6, 6.07) is 0.158. The van der Waals surface area contributed by atoms with E-state index in [4.69, 9.17) is 10.5 Å². The topological polar surface area (TPSA) is 55.6 Å². The highest BCUT2D eigenvalue weighted by Gasteiger charge is 2.47. The molecule has 3 atom stereocenters. The second-order valence-corrected chi connectivity index (χ2v) is 5.53. The van der Waals surface area contributed by atoms with Crippen LogP contribution in [-0.2, 0) is 9.53 Å². The molecule has 1 saturated heterocycles. The van der Waals surface area contributed by atoms with Gasteiger partial charge >= 0.3 is 0 Å². The third kappa shape index (κ3) is 1.84. The Balaban J connectivity index is 2.05. The molecular formula is C12H22N2O2. The number of hydrogen-bond acceptors (Lipinski definition) is 3. The van der Waals surface area contributed by atoms with Gasteiger partial charge in [0, 0.05) is 19.1 Å². The molecule has 3 unspecified atom stereocenters. The van der Waals surface area contributed by atoms with Gasteiger partial charge in [0.2, 0.25) is 5.91 Å². The predicted molar refractivity (Wildman–Crippen MR) is 61.9 cm³/mol. The largest absolute Gasteiger partial charge is 0.379 e. The first-order chi connectivity index (χ1) is 7.47. The quantitative estimate of drug-likeness (QED) is 0.767. The maximum atomic E-state index is 12.4. The summed E-state index contributed by atoms with van der Waals surface area (Å²) in [6.45, 7) is 4.99. The van der Waals surface area contributed by atoms with Crippen LogP contribution in [0.4, 0.5) is 0 Å². The Kier molecular flexibility index (Phi) is 2.97. The first-order valence-electron chi connectivity index (χ1n) is 6.07. The Morgan fingerprint density at radius 1 is 1.56 bits per heavy atom. The van der Waals surface area contributed by atoms with Crippen LogP contribution in [0.25, 0.3) is 0 Å². The van der Waals surface area contributed by atoms with E-state index in [9.17, 15) is 4.79 Å². The first-order valence-corrected chi connectivity index (χ1v) is 6.07. The summed E-state index contributed by atoms with van der Waals surface area (Å²) in [5, 5.41) is 0. The molecule has 0 bridgehead atoms. The third-order valence-corrected chi connectivity index (χ3v) is 4.24. The highest BCUT2D eigenvalue weighted by molar-refractivity contribution is 5.83. The summed E-state index contributed by atoms with van der Waals surface area (Å²) in [5.41, 5.74) is 5.44. The van der Waals surface area contributed by atoms with Crippen molar-refractivity contribution in [1.29, 1.82) is 0 Å². The molecule has 92 valence electrons. The molecule has 2 rings (SSSR count). The molecule has 1 aliphatic carbocycles. The number of hydrogen-bond donors (Lipinski definition) is 1. The van der Waals surface area contributed by atoms with E-state index in [1.165, 1.54) is 12.8 Å². The number of nitrogens with zero attached hydrogens (tertiary/aromatic N) is 1. The minimum Gasteiger partial charge on any atom is -0.379 e. The zero-order chi connectivity index (χ0) is 11.9. The van der Waals surface area contributed by atoms with Gasteiger partial charge in [-0.25, -0.2) is 0 Å². The average Bonchev–Trinajstić information content (AvgIpc) is 3.04. The maximum absolute atomic E-state index is 12.4. The van der Waals surface area contributed by atoms with Crippen LogP contribution in [-0.4, -0.2) is 43.2 Å². The van der Waals surface area contributed by atoms with Gasteiger partial charge in [0.05, 0.1) is 18.6 Å². The molecule has 0 radical (unpaired) electrons. The molecule has 16 heavy (non-hydrogen) atoms. The van der Waals surface area contributed by atoms with Crippen molar-refractivity contribution in [1.82, 2.24) is 4.90 Å². The van der Waals surface area contributed by atoms with Crippen LogP contribution in [0.5, 0.6) is 0 Å². The zero-order valence-corrected chi connectivity index (χ0v) is 10.4. The Bertz CT molecular complexity index is 291. The number of carbonyl (C=O) groups is 1. The van der Waals surface area contributed by atoms with Crippen LogP contribution in [0.1, 0.15) is 26.7 Å². The van der Waals surface area contributed by atoms with Crippen molar-refractivity contribution in [3.05, 3.63) is 0 Å². The average molecular weight is 226 g/mol. The molecule has 2 N–H and O–H groups in total. The number of nitrogens with two attached hydrogens (primary N) is 1. The van der Waals surface area contributed by atoms with Gasteiger partial charge < -0.3 is 15.4 Å². The lowest BCUT2D eigenvalue weighted by Gasteiger charge is -2.34. The fraction of sp³-hybridized carbons (Fsp3) is 0.917. The highest BCUT2D eigenvalue weighted by Crippen LogP contribution is 2.37. The van der Waals surface area contributed by atoms with Crippen molar-refractivity contribution in [3.8, 4) is 0 Å². The molecule has 1 amide bonds. The number of carbonyl (C=O) groups excluding carboxylic acids is 1. The predicted octanol–water partition coefficient (Wildman–Crippen LogP) is 0.607. The SMILES string of the molecule is CC(C1CC1)N(C)C(=O)C1(C)COCC1N. The van der Waals surface area contributed by atoms with Gasteiger partial charge in [-0.2, -0.15) is 0 Å². The second kappa shape index (κ2) is 4.00. The van der Waals surface area contributed by atoms with Crippen molar-refractivity contribution < 1.29 is 9.53 Å². The molecule has 1 saturated carbocycles. The standard InChI is InChI=1S/C12H22N2O2/c1-8(9-4-5-9)14(3)11(15)12(2)7-16-6-10(12)13/h8-10H,4-7,13H2,1-3H3. The molecule has 0 aromatic rings. The molecule has 0 spiro atoms. The Morgan fingerprint density at radius 2 is 2.19 bits per heavy atom. The third-order valence-electron chi connectivity index (χ3n) is 4.24. The number of amides is 1. The van der Waals surface area contributed by atoms with Gasteiger partial charge in [-0.15, -0.1) is 0 Å². The molecule has 2 aliphatic rings. The normalized spacial score (nSPS) is 36.1. The van der Waals surface area contributed by atoms with Gasteiger partial charge in [0.15, 0.2) is 0 Å². The maximum Gasteiger partial charge on any atom is 0.232 e. The van der Waals surface area contributed by atoms with Crippen molar-refractivity contribution in [2.75, 3.05) is 20.3 Å². The summed E-state index contributed by atoms with van der Waals surface area (Å²) >= 11 is 0. The summed E-state index contributed by atoms with van der Waals surface area (Å²) in [6.07, 6.45) is 2.50. The van der Waals surface area contributed by atoms with E-state index in [0.717, 1.165) is 0 Å². The fourth-order valence-electron chi connectivity index (χ4n) is 2.39. The summed E-state index contributed by atoms with van der Waals surface area (Å²) in [5.74, 6) is 0.827.